The SMILES string of the molecule is CC1=C(C)C(=O)C(OCC(C)C)=C(C)C1.CC1=C(C)C(OCC(C)C)=C(C)C(=O)C1.CC1=C(OCC(C)C)C(C)(C)CC1=O. The second-order valence-electron chi connectivity index (χ2n) is 14.5. The fourth-order valence-electron chi connectivity index (χ4n) is 4.98. The summed E-state index contributed by atoms with van der Waals surface area (Å²) >= 11 is 0. The second kappa shape index (κ2) is 17.0. The molecule has 0 fully saturated rings. The van der Waals surface area contributed by atoms with E-state index in [0.717, 1.165) is 57.0 Å². The van der Waals surface area contributed by atoms with Gasteiger partial charge in [-0.1, -0.05) is 66.5 Å². The summed E-state index contributed by atoms with van der Waals surface area (Å²) in [5.74, 6) is 4.20. The number of rotatable bonds is 9. The summed E-state index contributed by atoms with van der Waals surface area (Å²) < 4.78 is 17.0. The summed E-state index contributed by atoms with van der Waals surface area (Å²) in [7, 11) is 0. The molecule has 0 spiro atoms. The van der Waals surface area contributed by atoms with E-state index in [2.05, 4.69) is 55.4 Å². The third-order valence-electron chi connectivity index (χ3n) is 7.93. The lowest BCUT2D eigenvalue weighted by molar-refractivity contribution is -0.116. The second-order valence-corrected chi connectivity index (χ2v) is 14.5. The molecule has 0 N–H and O–H groups in total. The van der Waals surface area contributed by atoms with Gasteiger partial charge >= 0.3 is 0 Å². The summed E-state index contributed by atoms with van der Waals surface area (Å²) in [6.07, 6.45) is 2.00. The lowest BCUT2D eigenvalue weighted by Gasteiger charge is -2.23. The van der Waals surface area contributed by atoms with Gasteiger partial charge in [-0.2, -0.15) is 0 Å². The maximum atomic E-state index is 11.9. The summed E-state index contributed by atoms with van der Waals surface area (Å²) in [6, 6.07) is 0. The molecule has 3 aliphatic rings. The van der Waals surface area contributed by atoms with Crippen LogP contribution >= 0.6 is 0 Å². The van der Waals surface area contributed by atoms with Gasteiger partial charge in [-0.05, 0) is 89.4 Å². The first-order chi connectivity index (χ1) is 20.2. The fraction of sp³-hybridized carbons (Fsp3) is 0.658. The number of allylic oxidation sites excluding steroid dienone is 8. The molecule has 6 nitrogen and oxygen atoms in total. The highest BCUT2D eigenvalue weighted by Gasteiger charge is 2.38. The van der Waals surface area contributed by atoms with Gasteiger partial charge in [0.1, 0.15) is 11.5 Å². The molecule has 0 saturated carbocycles. The van der Waals surface area contributed by atoms with Crippen LogP contribution in [0.15, 0.2) is 56.3 Å². The standard InChI is InChI=1S/2C13H20O2.C12H20O2/c1-8(2)7-15-13-10(4)9(3)6-12(14)11(13)5;1-8(2)7-15-13-10(4)6-9(3)11(5)12(13)14;1-8(2)7-14-11-9(3)10(13)6-12(11,4)5/h2*8H,6-7H2,1-5H3;8H,6-7H2,1-5H3. The van der Waals surface area contributed by atoms with Crippen LogP contribution in [0.1, 0.15) is 123 Å². The van der Waals surface area contributed by atoms with Crippen LogP contribution in [0.2, 0.25) is 0 Å². The molecule has 0 amide bonds. The Hall–Kier alpha value is -2.89. The highest BCUT2D eigenvalue weighted by Crippen LogP contribution is 2.40. The van der Waals surface area contributed by atoms with Crippen molar-refractivity contribution in [3.05, 3.63) is 56.3 Å². The molecule has 248 valence electrons. The summed E-state index contributed by atoms with van der Waals surface area (Å²) in [6.45, 7) is 32.3. The van der Waals surface area contributed by atoms with Crippen molar-refractivity contribution in [2.45, 2.75) is 123 Å². The van der Waals surface area contributed by atoms with Gasteiger partial charge in [-0.3, -0.25) is 14.4 Å². The molecule has 0 aromatic heterocycles. The van der Waals surface area contributed by atoms with Crippen molar-refractivity contribution in [2.75, 3.05) is 19.8 Å². The first-order valence-corrected chi connectivity index (χ1v) is 16.2. The molecule has 0 saturated heterocycles. The molecular weight excluding hydrogens is 552 g/mol. The largest absolute Gasteiger partial charge is 0.497 e. The van der Waals surface area contributed by atoms with Crippen molar-refractivity contribution in [2.24, 2.45) is 23.2 Å². The molecule has 0 aromatic carbocycles. The molecule has 0 aromatic rings. The molecule has 3 rings (SSSR count). The van der Waals surface area contributed by atoms with E-state index in [0.29, 0.717) is 56.2 Å². The number of ether oxygens (including phenoxy) is 3. The summed E-state index contributed by atoms with van der Waals surface area (Å²) in [4.78, 5) is 35.1. The number of hydrogen-bond acceptors (Lipinski definition) is 6. The quantitative estimate of drug-likeness (QED) is 0.258. The van der Waals surface area contributed by atoms with Gasteiger partial charge in [0, 0.05) is 29.4 Å². The summed E-state index contributed by atoms with van der Waals surface area (Å²) in [5.41, 5.74) is 6.82. The number of Topliss-reactive ketones (excluding diaryl/α,β-unsaturated/α-hetero) is 3. The van der Waals surface area contributed by atoms with E-state index in [4.69, 9.17) is 14.2 Å². The van der Waals surface area contributed by atoms with Crippen LogP contribution < -0.4 is 0 Å². The van der Waals surface area contributed by atoms with Crippen molar-refractivity contribution >= 4 is 17.3 Å². The highest BCUT2D eigenvalue weighted by molar-refractivity contribution is 6.08. The molecule has 44 heavy (non-hydrogen) atoms. The van der Waals surface area contributed by atoms with Gasteiger partial charge in [-0.25, -0.2) is 0 Å². The molecular formula is C38H60O6. The minimum atomic E-state index is -0.101. The molecule has 3 aliphatic carbocycles. The predicted molar refractivity (Wildman–Crippen MR) is 180 cm³/mol. The smallest absolute Gasteiger partial charge is 0.223 e. The molecule has 0 unspecified atom stereocenters. The van der Waals surface area contributed by atoms with Crippen LogP contribution in [0.3, 0.4) is 0 Å². The predicted octanol–water partition coefficient (Wildman–Crippen LogP) is 9.42. The zero-order valence-electron chi connectivity index (χ0n) is 30.4. The van der Waals surface area contributed by atoms with Crippen molar-refractivity contribution in [3.63, 3.8) is 0 Å². The Labute approximate surface area is 268 Å². The maximum Gasteiger partial charge on any atom is 0.223 e. The van der Waals surface area contributed by atoms with E-state index in [1.54, 1.807) is 0 Å². The van der Waals surface area contributed by atoms with Crippen molar-refractivity contribution < 1.29 is 28.6 Å². The van der Waals surface area contributed by atoms with Gasteiger partial charge in [0.15, 0.2) is 17.3 Å². The van der Waals surface area contributed by atoms with Gasteiger partial charge in [0.2, 0.25) is 5.78 Å². The minimum absolute atomic E-state index is 0.0666. The fourth-order valence-corrected chi connectivity index (χ4v) is 4.98. The third-order valence-corrected chi connectivity index (χ3v) is 7.93. The lowest BCUT2D eigenvalue weighted by Crippen LogP contribution is -2.17. The van der Waals surface area contributed by atoms with E-state index >= 15 is 0 Å². The number of carbonyl (C=O) groups excluding carboxylic acids is 3. The van der Waals surface area contributed by atoms with Crippen LogP contribution in [-0.4, -0.2) is 37.2 Å². The molecule has 0 heterocycles. The normalized spacial score (nSPS) is 18.8. The van der Waals surface area contributed by atoms with E-state index in [1.165, 1.54) is 0 Å². The third kappa shape index (κ3) is 11.2. The van der Waals surface area contributed by atoms with E-state index in [9.17, 15) is 14.4 Å². The average molecular weight is 613 g/mol. The van der Waals surface area contributed by atoms with Crippen LogP contribution in [-0.2, 0) is 28.6 Å². The topological polar surface area (TPSA) is 78.9 Å². The van der Waals surface area contributed by atoms with Gasteiger partial charge in [0.25, 0.3) is 0 Å². The minimum Gasteiger partial charge on any atom is -0.497 e. The number of carbonyl (C=O) groups is 3. The van der Waals surface area contributed by atoms with Gasteiger partial charge < -0.3 is 14.2 Å². The van der Waals surface area contributed by atoms with Crippen molar-refractivity contribution in [1.29, 1.82) is 0 Å². The molecule has 6 heteroatoms. The Bertz CT molecular complexity index is 1240. The Morgan fingerprint density at radius 1 is 0.545 bits per heavy atom. The van der Waals surface area contributed by atoms with Crippen LogP contribution in [0.25, 0.3) is 0 Å². The maximum absolute atomic E-state index is 11.9. The molecule has 0 radical (unpaired) electrons. The molecule has 0 atom stereocenters. The Morgan fingerprint density at radius 3 is 1.45 bits per heavy atom. The highest BCUT2D eigenvalue weighted by atomic mass is 16.5. The van der Waals surface area contributed by atoms with Crippen LogP contribution in [0.5, 0.6) is 0 Å². The number of hydrogen-bond donors (Lipinski definition) is 0. The average Bonchev–Trinajstić information content (AvgIpc) is 3.10. The van der Waals surface area contributed by atoms with Crippen LogP contribution in [0, 0.1) is 23.2 Å². The van der Waals surface area contributed by atoms with E-state index < -0.39 is 0 Å². The van der Waals surface area contributed by atoms with Crippen LogP contribution in [0.4, 0.5) is 0 Å². The van der Waals surface area contributed by atoms with E-state index in [1.807, 2.05) is 48.5 Å². The monoisotopic (exact) mass is 612 g/mol. The Morgan fingerprint density at radius 2 is 1.00 bits per heavy atom. The van der Waals surface area contributed by atoms with E-state index in [-0.39, 0.29) is 22.8 Å². The zero-order valence-corrected chi connectivity index (χ0v) is 30.4. The zero-order chi connectivity index (χ0) is 34.1. The lowest BCUT2D eigenvalue weighted by atomic mass is 9.91. The first kappa shape index (κ1) is 39.1. The first-order valence-electron chi connectivity index (χ1n) is 16.2. The number of ketones is 3. The van der Waals surface area contributed by atoms with Gasteiger partial charge in [-0.15, -0.1) is 0 Å². The molecule has 0 bridgehead atoms. The molecule has 0 aliphatic heterocycles. The van der Waals surface area contributed by atoms with Gasteiger partial charge in [0.05, 0.1) is 19.8 Å². The van der Waals surface area contributed by atoms with Crippen molar-refractivity contribution in [1.82, 2.24) is 0 Å². The van der Waals surface area contributed by atoms with Crippen molar-refractivity contribution in [3.8, 4) is 0 Å². The summed E-state index contributed by atoms with van der Waals surface area (Å²) in [5, 5.41) is 0. The Kier molecular flexibility index (Phi) is 15.1. The Balaban J connectivity index is 0.000000330.